The van der Waals surface area contributed by atoms with Crippen molar-refractivity contribution in [2.75, 3.05) is 6.61 Å². The molecule has 0 saturated carbocycles. The van der Waals surface area contributed by atoms with Gasteiger partial charge in [0.05, 0.1) is 11.7 Å². The zero-order valence-corrected chi connectivity index (χ0v) is 10.9. The molecule has 1 saturated heterocycles. The predicted molar refractivity (Wildman–Crippen MR) is 69.0 cm³/mol. The molecule has 2 atom stereocenters. The molecule has 98 valence electrons. The minimum absolute atomic E-state index is 0.0938. The van der Waals surface area contributed by atoms with E-state index in [9.17, 15) is 9.90 Å². The van der Waals surface area contributed by atoms with Crippen LogP contribution in [0.25, 0.3) is 0 Å². The predicted octanol–water partition coefficient (Wildman–Crippen LogP) is 2.34. The van der Waals surface area contributed by atoms with Crippen LogP contribution in [0.3, 0.4) is 0 Å². The molecule has 0 aliphatic carbocycles. The first-order chi connectivity index (χ1) is 8.56. The summed E-state index contributed by atoms with van der Waals surface area (Å²) in [6.45, 7) is 2.64. The summed E-state index contributed by atoms with van der Waals surface area (Å²) in [5.74, 6) is -0.372. The second-order valence-electron chi connectivity index (χ2n) is 4.54. The van der Waals surface area contributed by atoms with E-state index >= 15 is 0 Å². The van der Waals surface area contributed by atoms with E-state index in [-0.39, 0.29) is 29.4 Å². The summed E-state index contributed by atoms with van der Waals surface area (Å²) in [6.07, 6.45) is 1.74. The van der Waals surface area contributed by atoms with Crippen LogP contribution in [0, 0.1) is 0 Å². The number of ether oxygens (including phenoxy) is 1. The third kappa shape index (κ3) is 3.15. The van der Waals surface area contributed by atoms with Gasteiger partial charge in [0.2, 0.25) is 0 Å². The number of amides is 1. The van der Waals surface area contributed by atoms with Crippen LogP contribution < -0.4 is 5.32 Å². The fourth-order valence-electron chi connectivity index (χ4n) is 2.09. The largest absolute Gasteiger partial charge is 0.507 e. The van der Waals surface area contributed by atoms with Crippen LogP contribution in [0.1, 0.15) is 30.1 Å². The third-order valence-electron chi connectivity index (χ3n) is 3.02. The smallest absolute Gasteiger partial charge is 0.255 e. The van der Waals surface area contributed by atoms with Crippen LogP contribution in [0.2, 0.25) is 5.02 Å². The van der Waals surface area contributed by atoms with Gasteiger partial charge in [-0.3, -0.25) is 4.79 Å². The van der Waals surface area contributed by atoms with Crippen LogP contribution in [-0.2, 0) is 4.74 Å². The molecule has 2 unspecified atom stereocenters. The molecular formula is C13H16ClNO3. The zero-order valence-electron chi connectivity index (χ0n) is 10.1. The summed E-state index contributed by atoms with van der Waals surface area (Å²) >= 11 is 5.72. The van der Waals surface area contributed by atoms with E-state index in [2.05, 4.69) is 5.32 Å². The molecular weight excluding hydrogens is 254 g/mol. The monoisotopic (exact) mass is 269 g/mol. The van der Waals surface area contributed by atoms with E-state index in [0.717, 1.165) is 12.8 Å². The Morgan fingerprint density at radius 1 is 1.56 bits per heavy atom. The molecule has 1 aliphatic rings. The first-order valence-electron chi connectivity index (χ1n) is 5.97. The van der Waals surface area contributed by atoms with Crippen molar-refractivity contribution >= 4 is 17.5 Å². The molecule has 1 aliphatic heterocycles. The zero-order chi connectivity index (χ0) is 13.1. The Morgan fingerprint density at radius 3 is 3.00 bits per heavy atom. The van der Waals surface area contributed by atoms with Gasteiger partial charge < -0.3 is 15.2 Å². The molecule has 0 spiro atoms. The Hall–Kier alpha value is -1.26. The number of carbonyl (C=O) groups excluding carboxylic acids is 1. The number of nitrogens with one attached hydrogen (secondary N) is 1. The molecule has 4 nitrogen and oxygen atoms in total. The summed E-state index contributed by atoms with van der Waals surface area (Å²) in [5.41, 5.74) is 0.249. The van der Waals surface area contributed by atoms with Crippen molar-refractivity contribution < 1.29 is 14.6 Å². The minimum atomic E-state index is -0.275. The molecule has 0 aromatic heterocycles. The first kappa shape index (κ1) is 13.2. The fraction of sp³-hybridized carbons (Fsp3) is 0.462. The van der Waals surface area contributed by atoms with Crippen LogP contribution in [0.4, 0.5) is 0 Å². The van der Waals surface area contributed by atoms with Crippen LogP contribution in [0.15, 0.2) is 18.2 Å². The van der Waals surface area contributed by atoms with Crippen LogP contribution in [0.5, 0.6) is 5.75 Å². The highest BCUT2D eigenvalue weighted by Crippen LogP contribution is 2.22. The number of phenols is 1. The molecule has 1 aromatic rings. The maximum atomic E-state index is 12.0. The second kappa shape index (κ2) is 5.59. The standard InChI is InChI=1S/C13H16ClNO3/c1-8-6-10(4-5-18-8)15-13(17)11-3-2-9(14)7-12(11)16/h2-3,7-8,10,16H,4-6H2,1H3,(H,15,17). The number of halogens is 1. The third-order valence-corrected chi connectivity index (χ3v) is 3.26. The molecule has 5 heteroatoms. The van der Waals surface area contributed by atoms with Crippen molar-refractivity contribution in [1.82, 2.24) is 5.32 Å². The lowest BCUT2D eigenvalue weighted by Gasteiger charge is -2.28. The number of aromatic hydroxyl groups is 1. The van der Waals surface area contributed by atoms with Gasteiger partial charge >= 0.3 is 0 Å². The highest BCUT2D eigenvalue weighted by Gasteiger charge is 2.22. The van der Waals surface area contributed by atoms with E-state index in [1.807, 2.05) is 6.92 Å². The van der Waals surface area contributed by atoms with E-state index < -0.39 is 0 Å². The molecule has 1 fully saturated rings. The Bertz CT molecular complexity index is 450. The highest BCUT2D eigenvalue weighted by molar-refractivity contribution is 6.30. The number of hydrogen-bond donors (Lipinski definition) is 2. The quantitative estimate of drug-likeness (QED) is 0.866. The van der Waals surface area contributed by atoms with Crippen molar-refractivity contribution in [2.24, 2.45) is 0 Å². The normalized spacial score (nSPS) is 23.7. The van der Waals surface area contributed by atoms with Gasteiger partial charge in [-0.25, -0.2) is 0 Å². The fourth-order valence-corrected chi connectivity index (χ4v) is 2.26. The van der Waals surface area contributed by atoms with E-state index in [4.69, 9.17) is 16.3 Å². The van der Waals surface area contributed by atoms with Gasteiger partial charge in [0, 0.05) is 17.7 Å². The van der Waals surface area contributed by atoms with Crippen molar-refractivity contribution in [3.05, 3.63) is 28.8 Å². The van der Waals surface area contributed by atoms with E-state index in [1.165, 1.54) is 12.1 Å². The number of phenolic OH excluding ortho intramolecular Hbond substituents is 1. The Kier molecular flexibility index (Phi) is 4.09. The molecule has 0 radical (unpaired) electrons. The highest BCUT2D eigenvalue weighted by atomic mass is 35.5. The SMILES string of the molecule is CC1CC(NC(=O)c2ccc(Cl)cc2O)CCO1. The molecule has 1 amide bonds. The Balaban J connectivity index is 2.03. The van der Waals surface area contributed by atoms with E-state index in [0.29, 0.717) is 11.6 Å². The summed E-state index contributed by atoms with van der Waals surface area (Å²) in [5, 5.41) is 13.0. The van der Waals surface area contributed by atoms with Gasteiger partial charge in [-0.2, -0.15) is 0 Å². The van der Waals surface area contributed by atoms with Crippen molar-refractivity contribution in [3.63, 3.8) is 0 Å². The number of carbonyl (C=O) groups is 1. The lowest BCUT2D eigenvalue weighted by molar-refractivity contribution is 0.0136. The van der Waals surface area contributed by atoms with Gasteiger partial charge in [0.15, 0.2) is 0 Å². The van der Waals surface area contributed by atoms with E-state index in [1.54, 1.807) is 6.07 Å². The number of benzene rings is 1. The van der Waals surface area contributed by atoms with Crippen molar-refractivity contribution in [2.45, 2.75) is 31.9 Å². The summed E-state index contributed by atoms with van der Waals surface area (Å²) < 4.78 is 5.42. The summed E-state index contributed by atoms with van der Waals surface area (Å²) in [6, 6.07) is 4.57. The van der Waals surface area contributed by atoms with Gasteiger partial charge in [0.1, 0.15) is 5.75 Å². The maximum Gasteiger partial charge on any atom is 0.255 e. The van der Waals surface area contributed by atoms with Gasteiger partial charge in [-0.05, 0) is 38.0 Å². The van der Waals surface area contributed by atoms with Gasteiger partial charge in [0.25, 0.3) is 5.91 Å². The average molecular weight is 270 g/mol. The topological polar surface area (TPSA) is 58.6 Å². The van der Waals surface area contributed by atoms with Gasteiger partial charge in [-0.15, -0.1) is 0 Å². The lowest BCUT2D eigenvalue weighted by Crippen LogP contribution is -2.41. The summed E-state index contributed by atoms with van der Waals surface area (Å²) in [7, 11) is 0. The average Bonchev–Trinajstić information content (AvgIpc) is 2.28. The first-order valence-corrected chi connectivity index (χ1v) is 6.35. The van der Waals surface area contributed by atoms with Crippen molar-refractivity contribution in [1.29, 1.82) is 0 Å². The molecule has 0 bridgehead atoms. The Morgan fingerprint density at radius 2 is 2.33 bits per heavy atom. The number of rotatable bonds is 2. The number of hydrogen-bond acceptors (Lipinski definition) is 3. The summed E-state index contributed by atoms with van der Waals surface area (Å²) in [4.78, 5) is 12.0. The molecule has 18 heavy (non-hydrogen) atoms. The molecule has 1 heterocycles. The molecule has 2 rings (SSSR count). The van der Waals surface area contributed by atoms with Gasteiger partial charge in [-0.1, -0.05) is 11.6 Å². The second-order valence-corrected chi connectivity index (χ2v) is 4.97. The minimum Gasteiger partial charge on any atom is -0.507 e. The van der Waals surface area contributed by atoms with Crippen molar-refractivity contribution in [3.8, 4) is 5.75 Å². The van der Waals surface area contributed by atoms with Crippen LogP contribution in [-0.4, -0.2) is 29.8 Å². The molecule has 1 aromatic carbocycles. The molecule has 2 N–H and O–H groups in total. The van der Waals surface area contributed by atoms with Crippen LogP contribution >= 0.6 is 11.6 Å². The Labute approximate surface area is 111 Å². The lowest BCUT2D eigenvalue weighted by atomic mass is 10.0. The maximum absolute atomic E-state index is 12.0.